The van der Waals surface area contributed by atoms with Crippen molar-refractivity contribution in [3.63, 3.8) is 0 Å². The van der Waals surface area contributed by atoms with Gasteiger partial charge in [-0.05, 0) is 82.2 Å². The van der Waals surface area contributed by atoms with Crippen LogP contribution in [0.1, 0.15) is 15.9 Å². The molecule has 1 aromatic heterocycles. The maximum Gasteiger partial charge on any atom is 0.261 e. The molecule has 5 rings (SSSR count). The van der Waals surface area contributed by atoms with Gasteiger partial charge in [0.15, 0.2) is 5.11 Å². The number of thiocarbonyl (C=S) groups is 1. The number of methoxy groups -OCH3 is 1. The van der Waals surface area contributed by atoms with Gasteiger partial charge in [-0.2, -0.15) is 4.80 Å². The van der Waals surface area contributed by atoms with Crippen molar-refractivity contribution in [2.75, 3.05) is 12.4 Å². The minimum Gasteiger partial charge on any atom is -0.495 e. The second-order valence-corrected chi connectivity index (χ2v) is 9.13. The number of anilines is 1. The third-order valence-corrected chi connectivity index (χ3v) is 6.51. The summed E-state index contributed by atoms with van der Waals surface area (Å²) in [5, 5.41) is 16.9. The number of fused-ring (bicyclic) bond motifs is 2. The molecule has 0 spiro atoms. The molecule has 0 fully saturated rings. The summed E-state index contributed by atoms with van der Waals surface area (Å²) in [4.78, 5) is 14.6. The van der Waals surface area contributed by atoms with Crippen LogP contribution in [0.2, 0.25) is 0 Å². The molecule has 1 amide bonds. The predicted molar refractivity (Wildman–Crippen MR) is 145 cm³/mol. The quantitative estimate of drug-likeness (QED) is 0.278. The summed E-state index contributed by atoms with van der Waals surface area (Å²) in [5.41, 5.74) is 4.55. The van der Waals surface area contributed by atoms with Crippen LogP contribution < -0.4 is 15.4 Å². The van der Waals surface area contributed by atoms with Crippen molar-refractivity contribution >= 4 is 66.7 Å². The van der Waals surface area contributed by atoms with E-state index in [0.717, 1.165) is 22.0 Å². The first kappa shape index (κ1) is 22.9. The third kappa shape index (κ3) is 4.60. The molecule has 9 heteroatoms. The van der Waals surface area contributed by atoms with Crippen LogP contribution in [0.4, 0.5) is 5.69 Å². The second kappa shape index (κ2) is 9.44. The molecule has 0 aliphatic carbocycles. The van der Waals surface area contributed by atoms with Gasteiger partial charge in [0.2, 0.25) is 0 Å². The van der Waals surface area contributed by atoms with Gasteiger partial charge in [0, 0.05) is 5.69 Å². The van der Waals surface area contributed by atoms with Gasteiger partial charge in [0.05, 0.1) is 22.8 Å². The fraction of sp³-hybridized carbons (Fsp3) is 0.0769. The maximum absolute atomic E-state index is 13.1. The minimum atomic E-state index is -0.378. The Morgan fingerprint density at radius 1 is 1.00 bits per heavy atom. The number of aryl methyl sites for hydroxylation is 1. The summed E-state index contributed by atoms with van der Waals surface area (Å²) < 4.78 is 6.22. The lowest BCUT2D eigenvalue weighted by atomic mass is 10.1. The lowest BCUT2D eigenvalue weighted by Crippen LogP contribution is -2.34. The highest BCUT2D eigenvalue weighted by Gasteiger charge is 2.19. The van der Waals surface area contributed by atoms with E-state index in [1.54, 1.807) is 10.9 Å². The summed E-state index contributed by atoms with van der Waals surface area (Å²) in [6, 6.07) is 23.0. The van der Waals surface area contributed by atoms with E-state index >= 15 is 0 Å². The van der Waals surface area contributed by atoms with E-state index in [4.69, 9.17) is 17.0 Å². The lowest BCUT2D eigenvalue weighted by molar-refractivity contribution is 0.0975. The van der Waals surface area contributed by atoms with Crippen molar-refractivity contribution in [3.8, 4) is 11.4 Å². The van der Waals surface area contributed by atoms with Crippen LogP contribution >= 0.6 is 28.1 Å². The van der Waals surface area contributed by atoms with Crippen LogP contribution in [0.5, 0.6) is 5.75 Å². The number of carbonyl (C=O) groups excluding carboxylic acids is 1. The van der Waals surface area contributed by atoms with Gasteiger partial charge in [-0.1, -0.05) is 42.0 Å². The summed E-state index contributed by atoms with van der Waals surface area (Å²) in [5.74, 6) is 0.0651. The zero-order valence-corrected chi connectivity index (χ0v) is 21.3. The Bertz CT molecular complexity index is 1600. The first-order chi connectivity index (χ1) is 16.9. The number of nitrogens with one attached hydrogen (secondary N) is 2. The van der Waals surface area contributed by atoms with Crippen LogP contribution in [0.15, 0.2) is 77.3 Å². The number of rotatable bonds is 4. The predicted octanol–water partition coefficient (Wildman–Crippen LogP) is 5.78. The van der Waals surface area contributed by atoms with Gasteiger partial charge in [0.25, 0.3) is 5.91 Å². The van der Waals surface area contributed by atoms with Crippen LogP contribution in [0.25, 0.3) is 27.5 Å². The van der Waals surface area contributed by atoms with Gasteiger partial charge < -0.3 is 10.1 Å². The molecule has 0 radical (unpaired) electrons. The standard InChI is InChI=1S/C26H20BrN5O2S/c1-15-7-10-18(11-8-15)32-30-21-12-9-17(14-22(21)31-32)28-26(35)29-25(33)20-13-16-5-3-4-6-19(16)23(27)24(20)34-2/h3-14H,1-2H3,(H2,28,29,33,35). The normalized spacial score (nSPS) is 10.9. The van der Waals surface area contributed by atoms with Gasteiger partial charge >= 0.3 is 0 Å². The van der Waals surface area contributed by atoms with Crippen molar-refractivity contribution in [2.24, 2.45) is 0 Å². The minimum absolute atomic E-state index is 0.159. The number of nitrogens with zero attached hydrogens (tertiary/aromatic N) is 3. The molecule has 1 heterocycles. The molecule has 7 nitrogen and oxygen atoms in total. The van der Waals surface area contributed by atoms with Gasteiger partial charge in [-0.25, -0.2) is 0 Å². The number of amides is 1. The SMILES string of the molecule is COc1c(C(=O)NC(=S)Nc2ccc3nn(-c4ccc(C)cc4)nc3c2)cc2ccccc2c1Br. The molecule has 0 aliphatic rings. The molecule has 0 atom stereocenters. The summed E-state index contributed by atoms with van der Waals surface area (Å²) in [7, 11) is 1.53. The Morgan fingerprint density at radius 2 is 1.74 bits per heavy atom. The molecule has 0 saturated heterocycles. The summed E-state index contributed by atoms with van der Waals surface area (Å²) in [6.45, 7) is 2.03. The van der Waals surface area contributed by atoms with Crippen LogP contribution in [-0.2, 0) is 0 Å². The molecular weight excluding hydrogens is 526 g/mol. The van der Waals surface area contributed by atoms with E-state index in [0.29, 0.717) is 27.0 Å². The van der Waals surface area contributed by atoms with E-state index in [-0.39, 0.29) is 11.0 Å². The molecule has 174 valence electrons. The van der Waals surface area contributed by atoms with Crippen molar-refractivity contribution in [2.45, 2.75) is 6.92 Å². The lowest BCUT2D eigenvalue weighted by Gasteiger charge is -2.14. The van der Waals surface area contributed by atoms with Gasteiger partial charge in [-0.3, -0.25) is 10.1 Å². The van der Waals surface area contributed by atoms with Gasteiger partial charge in [-0.15, -0.1) is 10.2 Å². The Labute approximate surface area is 215 Å². The summed E-state index contributed by atoms with van der Waals surface area (Å²) in [6.07, 6.45) is 0. The molecule has 5 aromatic rings. The number of carbonyl (C=O) groups is 1. The molecule has 0 unspecified atom stereocenters. The fourth-order valence-corrected chi connectivity index (χ4v) is 4.72. The molecule has 4 aromatic carbocycles. The van der Waals surface area contributed by atoms with E-state index in [9.17, 15) is 4.79 Å². The molecule has 0 bridgehead atoms. The Hall–Kier alpha value is -3.82. The van der Waals surface area contributed by atoms with E-state index in [1.165, 1.54) is 12.7 Å². The van der Waals surface area contributed by atoms with Crippen LogP contribution in [0.3, 0.4) is 0 Å². The van der Waals surface area contributed by atoms with Crippen molar-refractivity contribution in [1.29, 1.82) is 0 Å². The number of hydrogen-bond donors (Lipinski definition) is 2. The zero-order valence-electron chi connectivity index (χ0n) is 18.9. The highest BCUT2D eigenvalue weighted by Crippen LogP contribution is 2.36. The molecule has 2 N–H and O–H groups in total. The molecule has 35 heavy (non-hydrogen) atoms. The number of benzene rings is 4. The monoisotopic (exact) mass is 545 g/mol. The van der Waals surface area contributed by atoms with Crippen LogP contribution in [-0.4, -0.2) is 33.1 Å². The average molecular weight is 546 g/mol. The topological polar surface area (TPSA) is 81.1 Å². The van der Waals surface area contributed by atoms with Crippen molar-refractivity contribution in [3.05, 3.63) is 88.4 Å². The Balaban J connectivity index is 1.35. The Kier molecular flexibility index (Phi) is 6.19. The first-order valence-electron chi connectivity index (χ1n) is 10.7. The third-order valence-electron chi connectivity index (χ3n) is 5.52. The first-order valence-corrected chi connectivity index (χ1v) is 11.9. The fourth-order valence-electron chi connectivity index (χ4n) is 3.77. The Morgan fingerprint density at radius 3 is 2.51 bits per heavy atom. The van der Waals surface area contributed by atoms with Crippen LogP contribution in [0, 0.1) is 6.92 Å². The average Bonchev–Trinajstić information content (AvgIpc) is 3.27. The summed E-state index contributed by atoms with van der Waals surface area (Å²) >= 11 is 8.96. The molecular formula is C26H20BrN5O2S. The number of halogens is 1. The molecule has 0 saturated carbocycles. The van der Waals surface area contributed by atoms with E-state index < -0.39 is 0 Å². The number of hydrogen-bond acceptors (Lipinski definition) is 5. The van der Waals surface area contributed by atoms with E-state index in [1.807, 2.05) is 73.7 Å². The molecule has 0 aliphatic heterocycles. The highest BCUT2D eigenvalue weighted by atomic mass is 79.9. The number of ether oxygens (including phenoxy) is 1. The largest absolute Gasteiger partial charge is 0.495 e. The maximum atomic E-state index is 13.1. The van der Waals surface area contributed by atoms with E-state index in [2.05, 4.69) is 36.8 Å². The smallest absolute Gasteiger partial charge is 0.261 e. The van der Waals surface area contributed by atoms with Crippen molar-refractivity contribution < 1.29 is 9.53 Å². The highest BCUT2D eigenvalue weighted by molar-refractivity contribution is 9.10. The second-order valence-electron chi connectivity index (χ2n) is 7.93. The van der Waals surface area contributed by atoms with Gasteiger partial charge in [0.1, 0.15) is 16.8 Å². The van der Waals surface area contributed by atoms with Crippen molar-refractivity contribution in [1.82, 2.24) is 20.3 Å². The number of aromatic nitrogens is 3. The zero-order chi connectivity index (χ0) is 24.5.